The summed E-state index contributed by atoms with van der Waals surface area (Å²) >= 11 is 0. The minimum atomic E-state index is -3.50. The van der Waals surface area contributed by atoms with Crippen molar-refractivity contribution in [2.45, 2.75) is 25.4 Å². The highest BCUT2D eigenvalue weighted by Crippen LogP contribution is 2.18. The van der Waals surface area contributed by atoms with Gasteiger partial charge in [0.05, 0.1) is 12.8 Å². The zero-order valence-corrected chi connectivity index (χ0v) is 12.0. The summed E-state index contributed by atoms with van der Waals surface area (Å²) in [6.07, 6.45) is 2.95. The predicted octanol–water partition coefficient (Wildman–Crippen LogP) is 0.866. The molecule has 0 aliphatic heterocycles. The van der Waals surface area contributed by atoms with Gasteiger partial charge in [-0.15, -0.1) is 0 Å². The molecule has 0 spiro atoms. The second-order valence-corrected chi connectivity index (χ2v) is 6.98. The Labute approximate surface area is 117 Å². The Balaban J connectivity index is 2.03. The summed E-state index contributed by atoms with van der Waals surface area (Å²) in [7, 11) is -3.50. The molecule has 2 rings (SSSR count). The number of amides is 1. The van der Waals surface area contributed by atoms with E-state index in [1.54, 1.807) is 0 Å². The lowest BCUT2D eigenvalue weighted by molar-refractivity contribution is -0.121. The van der Waals surface area contributed by atoms with Crippen LogP contribution in [0.3, 0.4) is 0 Å². The Hall–Kier alpha value is -1.47. The molecule has 1 saturated carbocycles. The highest BCUT2D eigenvalue weighted by Gasteiger charge is 2.26. The lowest BCUT2D eigenvalue weighted by atomic mass is 10.2. The maximum atomic E-state index is 12.8. The highest BCUT2D eigenvalue weighted by atomic mass is 32.2. The van der Waals surface area contributed by atoms with Crippen LogP contribution in [0.15, 0.2) is 24.3 Å². The van der Waals surface area contributed by atoms with Gasteiger partial charge < -0.3 is 5.32 Å². The first-order chi connectivity index (χ1) is 9.34. The highest BCUT2D eigenvalue weighted by molar-refractivity contribution is 7.88. The van der Waals surface area contributed by atoms with Gasteiger partial charge in [0.25, 0.3) is 0 Å². The molecule has 1 aromatic carbocycles. The van der Waals surface area contributed by atoms with Crippen LogP contribution in [-0.2, 0) is 21.4 Å². The topological polar surface area (TPSA) is 66.5 Å². The van der Waals surface area contributed by atoms with E-state index in [4.69, 9.17) is 0 Å². The fourth-order valence-electron chi connectivity index (χ4n) is 1.75. The zero-order valence-electron chi connectivity index (χ0n) is 11.2. The second kappa shape index (κ2) is 5.88. The van der Waals surface area contributed by atoms with Crippen LogP contribution >= 0.6 is 0 Å². The molecule has 1 amide bonds. The molecule has 0 saturated heterocycles. The number of carbonyl (C=O) groups is 1. The summed E-state index contributed by atoms with van der Waals surface area (Å²) in [6, 6.07) is 5.73. The van der Waals surface area contributed by atoms with Crippen LogP contribution in [0.4, 0.5) is 4.39 Å². The van der Waals surface area contributed by atoms with Crippen LogP contribution in [-0.4, -0.2) is 37.5 Å². The Morgan fingerprint density at radius 1 is 1.35 bits per heavy atom. The number of halogens is 1. The molecule has 1 aromatic rings. The molecule has 0 aromatic heterocycles. The van der Waals surface area contributed by atoms with Crippen molar-refractivity contribution in [1.82, 2.24) is 9.62 Å². The molecule has 1 aliphatic rings. The normalized spacial score (nSPS) is 15.3. The lowest BCUT2D eigenvalue weighted by Gasteiger charge is -2.19. The van der Waals surface area contributed by atoms with Crippen molar-refractivity contribution in [2.75, 3.05) is 12.8 Å². The lowest BCUT2D eigenvalue weighted by Crippen LogP contribution is -2.40. The van der Waals surface area contributed by atoms with E-state index in [2.05, 4.69) is 5.32 Å². The largest absolute Gasteiger partial charge is 0.352 e. The van der Waals surface area contributed by atoms with Crippen molar-refractivity contribution in [2.24, 2.45) is 0 Å². The van der Waals surface area contributed by atoms with E-state index >= 15 is 0 Å². The van der Waals surface area contributed by atoms with Crippen LogP contribution in [0.25, 0.3) is 0 Å². The molecule has 0 atom stereocenters. The molecule has 1 aliphatic carbocycles. The van der Waals surface area contributed by atoms with E-state index in [0.29, 0.717) is 5.56 Å². The van der Waals surface area contributed by atoms with Crippen molar-refractivity contribution in [3.05, 3.63) is 35.6 Å². The van der Waals surface area contributed by atoms with Gasteiger partial charge in [-0.05, 0) is 30.5 Å². The predicted molar refractivity (Wildman–Crippen MR) is 72.8 cm³/mol. The minimum Gasteiger partial charge on any atom is -0.352 e. The molecule has 110 valence electrons. The van der Waals surface area contributed by atoms with Crippen LogP contribution in [0.5, 0.6) is 0 Å². The third-order valence-corrected chi connectivity index (χ3v) is 4.20. The Bertz CT molecular complexity index is 582. The smallest absolute Gasteiger partial charge is 0.235 e. The summed E-state index contributed by atoms with van der Waals surface area (Å²) in [6.45, 7) is -0.163. The van der Waals surface area contributed by atoms with Gasteiger partial charge in [-0.3, -0.25) is 4.79 Å². The van der Waals surface area contributed by atoms with Crippen molar-refractivity contribution < 1.29 is 17.6 Å². The molecule has 1 N–H and O–H groups in total. The summed E-state index contributed by atoms with van der Waals surface area (Å²) in [4.78, 5) is 11.7. The van der Waals surface area contributed by atoms with E-state index in [0.717, 1.165) is 23.4 Å². The van der Waals surface area contributed by atoms with E-state index < -0.39 is 10.0 Å². The number of nitrogens with zero attached hydrogens (tertiary/aromatic N) is 1. The van der Waals surface area contributed by atoms with Gasteiger partial charge in [0, 0.05) is 12.6 Å². The van der Waals surface area contributed by atoms with Crippen molar-refractivity contribution in [1.29, 1.82) is 0 Å². The molecule has 0 radical (unpaired) electrons. The fourth-order valence-corrected chi connectivity index (χ4v) is 2.48. The quantitative estimate of drug-likeness (QED) is 0.847. The van der Waals surface area contributed by atoms with Gasteiger partial charge in [0.1, 0.15) is 5.82 Å². The molecule has 7 heteroatoms. The number of hydrogen-bond donors (Lipinski definition) is 1. The van der Waals surface area contributed by atoms with Crippen molar-refractivity contribution >= 4 is 15.9 Å². The number of sulfonamides is 1. The molecule has 5 nitrogen and oxygen atoms in total. The SMILES string of the molecule is CS(=O)(=O)N(CC(=O)NC1CC1)Cc1ccc(F)cc1. The number of hydrogen-bond acceptors (Lipinski definition) is 3. The molecular weight excluding hydrogens is 283 g/mol. The van der Waals surface area contributed by atoms with E-state index in [1.807, 2.05) is 0 Å². The first-order valence-corrected chi connectivity index (χ1v) is 8.18. The number of carbonyl (C=O) groups excluding carboxylic acids is 1. The van der Waals surface area contributed by atoms with Gasteiger partial charge in [-0.2, -0.15) is 4.31 Å². The van der Waals surface area contributed by atoms with Crippen molar-refractivity contribution in [3.8, 4) is 0 Å². The number of benzene rings is 1. The van der Waals surface area contributed by atoms with Crippen LogP contribution < -0.4 is 5.32 Å². The minimum absolute atomic E-state index is 0.0528. The first kappa shape index (κ1) is 14.9. The number of nitrogens with one attached hydrogen (secondary N) is 1. The van der Waals surface area contributed by atoms with E-state index in [1.165, 1.54) is 24.3 Å². The van der Waals surface area contributed by atoms with Crippen LogP contribution in [0.1, 0.15) is 18.4 Å². The summed E-state index contributed by atoms with van der Waals surface area (Å²) in [5.74, 6) is -0.689. The standard InChI is InChI=1S/C13H17FN2O3S/c1-20(18,19)16(9-13(17)15-12-6-7-12)8-10-2-4-11(14)5-3-10/h2-5,12H,6-9H2,1H3,(H,15,17). The Morgan fingerprint density at radius 2 is 1.95 bits per heavy atom. The first-order valence-electron chi connectivity index (χ1n) is 6.33. The van der Waals surface area contributed by atoms with Gasteiger partial charge >= 0.3 is 0 Å². The molecule has 0 heterocycles. The average molecular weight is 300 g/mol. The number of rotatable bonds is 6. The Kier molecular flexibility index (Phi) is 4.39. The van der Waals surface area contributed by atoms with E-state index in [9.17, 15) is 17.6 Å². The molecule has 20 heavy (non-hydrogen) atoms. The fraction of sp³-hybridized carbons (Fsp3) is 0.462. The summed E-state index contributed by atoms with van der Waals surface area (Å²) in [5, 5.41) is 2.75. The van der Waals surface area contributed by atoms with E-state index in [-0.39, 0.29) is 30.9 Å². The van der Waals surface area contributed by atoms with Crippen molar-refractivity contribution in [3.63, 3.8) is 0 Å². The maximum absolute atomic E-state index is 12.8. The third-order valence-electron chi connectivity index (χ3n) is 3.00. The molecular formula is C13H17FN2O3S. The summed E-state index contributed by atoms with van der Waals surface area (Å²) in [5.41, 5.74) is 0.635. The summed E-state index contributed by atoms with van der Waals surface area (Å²) < 4.78 is 37.3. The molecule has 0 bridgehead atoms. The molecule has 1 fully saturated rings. The maximum Gasteiger partial charge on any atom is 0.235 e. The monoisotopic (exact) mass is 300 g/mol. The van der Waals surface area contributed by atoms with Gasteiger partial charge in [-0.25, -0.2) is 12.8 Å². The van der Waals surface area contributed by atoms with Gasteiger partial charge in [0.2, 0.25) is 15.9 Å². The second-order valence-electron chi connectivity index (χ2n) is 5.00. The van der Waals surface area contributed by atoms with Crippen LogP contribution in [0, 0.1) is 5.82 Å². The Morgan fingerprint density at radius 3 is 2.45 bits per heavy atom. The van der Waals surface area contributed by atoms with Crippen LogP contribution in [0.2, 0.25) is 0 Å². The van der Waals surface area contributed by atoms with Gasteiger partial charge in [0.15, 0.2) is 0 Å². The molecule has 0 unspecified atom stereocenters. The zero-order chi connectivity index (χ0) is 14.8. The van der Waals surface area contributed by atoms with Gasteiger partial charge in [-0.1, -0.05) is 12.1 Å². The third kappa shape index (κ3) is 4.57. The average Bonchev–Trinajstić information content (AvgIpc) is 3.13.